The number of thiocarbonyl (C=S) groups is 1. The Morgan fingerprint density at radius 1 is 1.07 bits per heavy atom. The Morgan fingerprint density at radius 2 is 1.82 bits per heavy atom. The van der Waals surface area contributed by atoms with Crippen LogP contribution in [0.2, 0.25) is 0 Å². The molecule has 7 nitrogen and oxygen atoms in total. The Kier molecular flexibility index (Phi) is 6.00. The molecule has 8 heteroatoms. The van der Waals surface area contributed by atoms with E-state index in [1.165, 1.54) is 10.2 Å². The molecular weight excluding hydrogens is 374 g/mol. The van der Waals surface area contributed by atoms with E-state index in [-0.39, 0.29) is 16.4 Å². The molecule has 3 aromatic rings. The molecule has 0 saturated carbocycles. The summed E-state index contributed by atoms with van der Waals surface area (Å²) in [6.07, 6.45) is 0.915. The lowest BCUT2D eigenvalue weighted by Gasteiger charge is -2.13. The molecule has 144 valence electrons. The summed E-state index contributed by atoms with van der Waals surface area (Å²) < 4.78 is 1.27. The molecule has 0 aliphatic rings. The van der Waals surface area contributed by atoms with Crippen LogP contribution in [0, 0.1) is 0 Å². The molecule has 0 fully saturated rings. The maximum atomic E-state index is 12.7. The van der Waals surface area contributed by atoms with E-state index in [2.05, 4.69) is 28.2 Å². The highest BCUT2D eigenvalue weighted by molar-refractivity contribution is 7.80. The highest BCUT2D eigenvalue weighted by Crippen LogP contribution is 2.13. The van der Waals surface area contributed by atoms with Gasteiger partial charge in [-0.15, -0.1) is 0 Å². The first-order chi connectivity index (χ1) is 13.5. The molecule has 3 rings (SSSR count). The largest absolute Gasteiger partial charge is 0.331 e. The van der Waals surface area contributed by atoms with Crippen molar-refractivity contribution in [2.45, 2.75) is 26.8 Å². The van der Waals surface area contributed by atoms with Gasteiger partial charge in [-0.25, -0.2) is 4.68 Å². The summed E-state index contributed by atoms with van der Waals surface area (Å²) in [4.78, 5) is 25.0. The van der Waals surface area contributed by atoms with Crippen molar-refractivity contribution in [1.29, 1.82) is 0 Å². The third kappa shape index (κ3) is 4.17. The minimum atomic E-state index is -0.482. The monoisotopic (exact) mass is 395 g/mol. The van der Waals surface area contributed by atoms with Gasteiger partial charge in [-0.2, -0.15) is 5.10 Å². The molecule has 0 unspecified atom stereocenters. The van der Waals surface area contributed by atoms with E-state index in [0.29, 0.717) is 17.3 Å². The number of hydrogen-bond acceptors (Lipinski definition) is 4. The first-order valence-electron chi connectivity index (χ1n) is 8.99. The fourth-order valence-electron chi connectivity index (χ4n) is 2.82. The Labute approximate surface area is 167 Å². The van der Waals surface area contributed by atoms with Crippen molar-refractivity contribution in [2.75, 3.05) is 5.32 Å². The number of aryl methyl sites for hydroxylation is 2. The highest BCUT2D eigenvalue weighted by Gasteiger charge is 2.16. The molecule has 0 radical (unpaired) electrons. The second-order valence-electron chi connectivity index (χ2n) is 6.10. The number of aromatic nitrogens is 2. The predicted molar refractivity (Wildman–Crippen MR) is 114 cm³/mol. The number of hydrogen-bond donors (Lipinski definition) is 3. The fourth-order valence-corrected chi connectivity index (χ4v) is 2.99. The molecule has 3 N–H and O–H groups in total. The molecule has 1 heterocycles. The van der Waals surface area contributed by atoms with Gasteiger partial charge in [0.15, 0.2) is 10.8 Å². The molecule has 0 bridgehead atoms. The summed E-state index contributed by atoms with van der Waals surface area (Å²) in [7, 11) is 0. The normalized spacial score (nSPS) is 10.5. The lowest BCUT2D eigenvalue weighted by Crippen LogP contribution is -2.44. The summed E-state index contributed by atoms with van der Waals surface area (Å²) in [5, 5.41) is 8.40. The summed E-state index contributed by atoms with van der Waals surface area (Å²) in [5.74, 6) is -0.482. The first kappa shape index (κ1) is 19.5. The second kappa shape index (κ2) is 8.62. The van der Waals surface area contributed by atoms with Crippen LogP contribution in [0.5, 0.6) is 0 Å². The molecule has 2 aromatic carbocycles. The van der Waals surface area contributed by atoms with Gasteiger partial charge in [-0.3, -0.25) is 20.4 Å². The van der Waals surface area contributed by atoms with Crippen LogP contribution in [0.4, 0.5) is 5.69 Å². The number of carbonyl (C=O) groups excluding carboxylic acids is 1. The number of fused-ring (bicyclic) bond motifs is 1. The zero-order chi connectivity index (χ0) is 20.1. The van der Waals surface area contributed by atoms with E-state index < -0.39 is 5.91 Å². The number of benzene rings is 2. The number of nitrogens with zero attached hydrogens (tertiary/aromatic N) is 2. The van der Waals surface area contributed by atoms with Crippen LogP contribution in [0.15, 0.2) is 53.3 Å². The van der Waals surface area contributed by atoms with Crippen molar-refractivity contribution in [3.63, 3.8) is 0 Å². The Morgan fingerprint density at radius 3 is 2.54 bits per heavy atom. The van der Waals surface area contributed by atoms with Gasteiger partial charge in [0.1, 0.15) is 0 Å². The minimum Gasteiger partial charge on any atom is -0.331 e. The average molecular weight is 395 g/mol. The zero-order valence-corrected chi connectivity index (χ0v) is 16.5. The SMILES string of the molecule is CCc1cccc(NC(=S)NNC(=O)c2nn(CC)c(=O)c3ccccc23)c1. The second-order valence-corrected chi connectivity index (χ2v) is 6.51. The number of nitrogens with one attached hydrogen (secondary N) is 3. The van der Waals surface area contributed by atoms with Crippen LogP contribution in [0.25, 0.3) is 10.8 Å². The highest BCUT2D eigenvalue weighted by atomic mass is 32.1. The van der Waals surface area contributed by atoms with Gasteiger partial charge in [-0.05, 0) is 49.3 Å². The Hall–Kier alpha value is -3.26. The van der Waals surface area contributed by atoms with Crippen molar-refractivity contribution in [3.05, 3.63) is 70.1 Å². The van der Waals surface area contributed by atoms with Crippen LogP contribution < -0.4 is 21.7 Å². The van der Waals surface area contributed by atoms with E-state index in [9.17, 15) is 9.59 Å². The van der Waals surface area contributed by atoms with Gasteiger partial charge in [0.2, 0.25) is 0 Å². The fraction of sp³-hybridized carbons (Fsp3) is 0.200. The van der Waals surface area contributed by atoms with Gasteiger partial charge < -0.3 is 5.32 Å². The smallest absolute Gasteiger partial charge is 0.290 e. The van der Waals surface area contributed by atoms with E-state index >= 15 is 0 Å². The van der Waals surface area contributed by atoms with Crippen molar-refractivity contribution < 1.29 is 4.79 Å². The third-order valence-electron chi connectivity index (χ3n) is 4.27. The minimum absolute atomic E-state index is 0.153. The van der Waals surface area contributed by atoms with Gasteiger partial charge in [0.25, 0.3) is 11.5 Å². The van der Waals surface area contributed by atoms with Gasteiger partial charge in [0.05, 0.1) is 5.39 Å². The summed E-state index contributed by atoms with van der Waals surface area (Å²) in [5.41, 5.74) is 7.15. The molecule has 1 aromatic heterocycles. The summed E-state index contributed by atoms with van der Waals surface area (Å²) in [6.45, 7) is 4.24. The molecule has 0 saturated heterocycles. The summed E-state index contributed by atoms with van der Waals surface area (Å²) in [6, 6.07) is 14.7. The number of carbonyl (C=O) groups is 1. The molecule has 0 aliphatic heterocycles. The van der Waals surface area contributed by atoms with Crippen LogP contribution in [0.3, 0.4) is 0 Å². The van der Waals surface area contributed by atoms with Gasteiger partial charge >= 0.3 is 0 Å². The van der Waals surface area contributed by atoms with Crippen molar-refractivity contribution in [3.8, 4) is 0 Å². The van der Waals surface area contributed by atoms with Crippen LogP contribution in [-0.4, -0.2) is 20.8 Å². The summed E-state index contributed by atoms with van der Waals surface area (Å²) >= 11 is 5.24. The van der Waals surface area contributed by atoms with Gasteiger partial charge in [-0.1, -0.05) is 37.3 Å². The third-order valence-corrected chi connectivity index (χ3v) is 4.47. The number of amides is 1. The molecular formula is C20H21N5O2S. The van der Waals surface area contributed by atoms with E-state index in [1.54, 1.807) is 31.2 Å². The molecule has 28 heavy (non-hydrogen) atoms. The predicted octanol–water partition coefficient (Wildman–Crippen LogP) is 2.61. The Balaban J connectivity index is 1.75. The maximum Gasteiger partial charge on any atom is 0.290 e. The molecule has 0 spiro atoms. The quantitative estimate of drug-likeness (QED) is 0.465. The lowest BCUT2D eigenvalue weighted by molar-refractivity contribution is 0.0938. The number of hydrazine groups is 1. The van der Waals surface area contributed by atoms with Crippen LogP contribution >= 0.6 is 12.2 Å². The standard InChI is InChI=1S/C20H21N5O2S/c1-3-13-8-7-9-14(12-13)21-20(28)23-22-18(26)17-15-10-5-6-11-16(15)19(27)25(4-2)24-17/h5-12H,3-4H2,1-2H3,(H,22,26)(H2,21,23,28). The molecule has 1 amide bonds. The first-order valence-corrected chi connectivity index (χ1v) is 9.40. The van der Waals surface area contributed by atoms with Crippen molar-refractivity contribution >= 4 is 39.7 Å². The van der Waals surface area contributed by atoms with Crippen LogP contribution in [-0.2, 0) is 13.0 Å². The average Bonchev–Trinajstić information content (AvgIpc) is 2.72. The van der Waals surface area contributed by atoms with Crippen LogP contribution in [0.1, 0.15) is 29.9 Å². The molecule has 0 atom stereocenters. The van der Waals surface area contributed by atoms with E-state index in [0.717, 1.165) is 12.1 Å². The lowest BCUT2D eigenvalue weighted by atomic mass is 10.1. The van der Waals surface area contributed by atoms with Gasteiger partial charge in [0, 0.05) is 17.6 Å². The van der Waals surface area contributed by atoms with E-state index in [4.69, 9.17) is 12.2 Å². The zero-order valence-electron chi connectivity index (χ0n) is 15.7. The topological polar surface area (TPSA) is 88.0 Å². The van der Waals surface area contributed by atoms with E-state index in [1.807, 2.05) is 24.3 Å². The number of anilines is 1. The van der Waals surface area contributed by atoms with Crippen molar-refractivity contribution in [2.24, 2.45) is 0 Å². The Bertz CT molecular complexity index is 1090. The maximum absolute atomic E-state index is 12.7. The van der Waals surface area contributed by atoms with Crippen molar-refractivity contribution in [1.82, 2.24) is 20.6 Å². The molecule has 0 aliphatic carbocycles. The number of rotatable bonds is 4.